The first-order valence-electron chi connectivity index (χ1n) is 6.94. The van der Waals surface area contributed by atoms with Crippen molar-refractivity contribution in [1.82, 2.24) is 5.32 Å². The highest BCUT2D eigenvalue weighted by Crippen LogP contribution is 2.22. The van der Waals surface area contributed by atoms with Crippen LogP contribution in [0.5, 0.6) is 5.75 Å². The van der Waals surface area contributed by atoms with E-state index in [9.17, 15) is 13.2 Å². The van der Waals surface area contributed by atoms with Gasteiger partial charge in [-0.15, -0.1) is 13.2 Å². The average molecular weight is 304 g/mol. The summed E-state index contributed by atoms with van der Waals surface area (Å²) in [7, 11) is 0. The molecule has 118 valence electrons. The smallest absolute Gasteiger partial charge is 0.491 e. The second-order valence-electron chi connectivity index (χ2n) is 4.73. The third-order valence-electron chi connectivity index (χ3n) is 3.14. The Labute approximate surface area is 121 Å². The summed E-state index contributed by atoms with van der Waals surface area (Å²) in [5.74, 6) is 0.551. The largest absolute Gasteiger partial charge is 0.522 e. The Kier molecular flexibility index (Phi) is 5.69. The molecule has 1 aromatic rings. The summed E-state index contributed by atoms with van der Waals surface area (Å²) in [5.41, 5.74) is 1.02. The van der Waals surface area contributed by atoms with E-state index in [4.69, 9.17) is 4.74 Å². The Balaban J connectivity index is 1.85. The summed E-state index contributed by atoms with van der Waals surface area (Å²) >= 11 is 0. The van der Waals surface area contributed by atoms with Crippen molar-refractivity contribution < 1.29 is 22.6 Å². The molecule has 1 aliphatic rings. The van der Waals surface area contributed by atoms with Crippen LogP contribution in [0.3, 0.4) is 0 Å². The maximum atomic E-state index is 11.8. The molecule has 0 unspecified atom stereocenters. The molecule has 1 fully saturated rings. The van der Waals surface area contributed by atoms with Crippen molar-refractivity contribution in [3.8, 4) is 5.75 Å². The van der Waals surface area contributed by atoms with Gasteiger partial charge in [-0.05, 0) is 25.1 Å². The molecule has 1 heterocycles. The molecule has 0 aromatic heterocycles. The summed E-state index contributed by atoms with van der Waals surface area (Å²) in [6, 6.07) is 7.39. The number of anilines is 1. The highest BCUT2D eigenvalue weighted by Gasteiger charge is 2.28. The van der Waals surface area contributed by atoms with E-state index in [1.54, 1.807) is 6.07 Å². The van der Waals surface area contributed by atoms with Gasteiger partial charge in [0.05, 0.1) is 6.61 Å². The van der Waals surface area contributed by atoms with Crippen molar-refractivity contribution in [2.24, 2.45) is 0 Å². The molecule has 21 heavy (non-hydrogen) atoms. The second-order valence-corrected chi connectivity index (χ2v) is 4.73. The lowest BCUT2D eigenvalue weighted by atomic mass is 10.2. The van der Waals surface area contributed by atoms with Crippen LogP contribution in [0, 0.1) is 0 Å². The van der Waals surface area contributed by atoms with Crippen molar-refractivity contribution in [3.05, 3.63) is 24.3 Å². The quantitative estimate of drug-likeness (QED) is 0.847. The van der Waals surface area contributed by atoms with Crippen LogP contribution in [-0.4, -0.2) is 45.8 Å². The average Bonchev–Trinajstić information content (AvgIpc) is 2.72. The third-order valence-corrected chi connectivity index (χ3v) is 3.14. The van der Waals surface area contributed by atoms with E-state index in [1.165, 1.54) is 0 Å². The lowest BCUT2D eigenvalue weighted by Gasteiger charge is -2.22. The Morgan fingerprint density at radius 3 is 2.81 bits per heavy atom. The molecule has 0 amide bonds. The van der Waals surface area contributed by atoms with E-state index in [1.807, 2.05) is 18.2 Å². The molecule has 7 heteroatoms. The number of hydrogen-bond acceptors (Lipinski definition) is 4. The van der Waals surface area contributed by atoms with Gasteiger partial charge in [0.15, 0.2) is 0 Å². The summed E-state index contributed by atoms with van der Waals surface area (Å²) < 4.78 is 44.5. The monoisotopic (exact) mass is 304 g/mol. The molecule has 1 N–H and O–H groups in total. The minimum absolute atomic E-state index is 0.134. The van der Waals surface area contributed by atoms with Gasteiger partial charge in [-0.3, -0.25) is 4.74 Å². The Hall–Kier alpha value is -1.47. The number of rotatable bonds is 5. The Morgan fingerprint density at radius 2 is 2.00 bits per heavy atom. The number of nitrogens with zero attached hydrogens (tertiary/aromatic N) is 1. The first-order chi connectivity index (χ1) is 10.0. The van der Waals surface area contributed by atoms with Crippen LogP contribution >= 0.6 is 0 Å². The Bertz CT molecular complexity index is 432. The molecule has 0 bridgehead atoms. The van der Waals surface area contributed by atoms with E-state index >= 15 is 0 Å². The fourth-order valence-corrected chi connectivity index (χ4v) is 2.19. The summed E-state index contributed by atoms with van der Waals surface area (Å²) in [5, 5.41) is 3.32. The molecule has 1 aromatic carbocycles. The van der Waals surface area contributed by atoms with Crippen molar-refractivity contribution in [2.45, 2.75) is 12.8 Å². The third kappa shape index (κ3) is 5.81. The van der Waals surface area contributed by atoms with Crippen LogP contribution in [0.25, 0.3) is 0 Å². The van der Waals surface area contributed by atoms with Gasteiger partial charge in [0.25, 0.3) is 0 Å². The zero-order valence-corrected chi connectivity index (χ0v) is 11.7. The van der Waals surface area contributed by atoms with E-state index in [-0.39, 0.29) is 6.61 Å². The molecular formula is C14H19F3N2O2. The topological polar surface area (TPSA) is 33.7 Å². The van der Waals surface area contributed by atoms with E-state index < -0.39 is 13.0 Å². The maximum Gasteiger partial charge on any atom is 0.522 e. The SMILES string of the molecule is FC(F)(F)OCCOc1cccc(N2CCCNCC2)c1. The van der Waals surface area contributed by atoms with Gasteiger partial charge in [0.1, 0.15) is 12.4 Å². The predicted octanol–water partition coefficient (Wildman–Crippen LogP) is 2.40. The standard InChI is InChI=1S/C14H19F3N2O2/c15-14(16,17)21-10-9-20-13-4-1-3-12(11-13)19-7-2-5-18-6-8-19/h1,3-4,11,18H,2,5-10H2. The highest BCUT2D eigenvalue weighted by molar-refractivity contribution is 5.50. The number of ether oxygens (including phenoxy) is 2. The summed E-state index contributed by atoms with van der Waals surface area (Å²) in [4.78, 5) is 2.24. The van der Waals surface area contributed by atoms with Crippen LogP contribution in [-0.2, 0) is 4.74 Å². The van der Waals surface area contributed by atoms with Gasteiger partial charge in [0.2, 0.25) is 0 Å². The predicted molar refractivity (Wildman–Crippen MR) is 73.6 cm³/mol. The van der Waals surface area contributed by atoms with Crippen LogP contribution in [0.2, 0.25) is 0 Å². The molecular weight excluding hydrogens is 285 g/mol. The fraction of sp³-hybridized carbons (Fsp3) is 0.571. The van der Waals surface area contributed by atoms with E-state index in [2.05, 4.69) is 15.0 Å². The maximum absolute atomic E-state index is 11.8. The lowest BCUT2D eigenvalue weighted by Crippen LogP contribution is -2.27. The van der Waals surface area contributed by atoms with Gasteiger partial charge in [0, 0.05) is 31.4 Å². The zero-order valence-electron chi connectivity index (χ0n) is 11.7. The van der Waals surface area contributed by atoms with Gasteiger partial charge >= 0.3 is 6.36 Å². The molecule has 0 spiro atoms. The normalized spacial score (nSPS) is 16.6. The van der Waals surface area contributed by atoms with E-state index in [0.717, 1.165) is 38.3 Å². The van der Waals surface area contributed by atoms with Crippen molar-refractivity contribution >= 4 is 5.69 Å². The number of nitrogens with one attached hydrogen (secondary N) is 1. The second kappa shape index (κ2) is 7.51. The van der Waals surface area contributed by atoms with Gasteiger partial charge < -0.3 is 15.0 Å². The number of halogens is 3. The van der Waals surface area contributed by atoms with Crippen LogP contribution in [0.1, 0.15) is 6.42 Å². The summed E-state index contributed by atoms with van der Waals surface area (Å²) in [6.07, 6.45) is -3.55. The molecule has 0 saturated carbocycles. The number of alkyl halides is 3. The van der Waals surface area contributed by atoms with Crippen molar-refractivity contribution in [1.29, 1.82) is 0 Å². The first-order valence-corrected chi connectivity index (χ1v) is 6.94. The van der Waals surface area contributed by atoms with Gasteiger partial charge in [-0.1, -0.05) is 6.07 Å². The molecule has 0 aliphatic carbocycles. The molecule has 1 aliphatic heterocycles. The number of benzene rings is 1. The Morgan fingerprint density at radius 1 is 1.14 bits per heavy atom. The summed E-state index contributed by atoms with van der Waals surface area (Å²) in [6.45, 7) is 3.13. The molecule has 1 saturated heterocycles. The van der Waals surface area contributed by atoms with Crippen molar-refractivity contribution in [3.63, 3.8) is 0 Å². The first kappa shape index (κ1) is 15.9. The minimum atomic E-state index is -4.61. The fourth-order valence-electron chi connectivity index (χ4n) is 2.19. The number of hydrogen-bond donors (Lipinski definition) is 1. The van der Waals surface area contributed by atoms with Gasteiger partial charge in [-0.2, -0.15) is 0 Å². The molecule has 2 rings (SSSR count). The zero-order chi connectivity index (χ0) is 15.1. The lowest BCUT2D eigenvalue weighted by molar-refractivity contribution is -0.325. The molecule has 0 radical (unpaired) electrons. The van der Waals surface area contributed by atoms with Crippen LogP contribution < -0.4 is 15.0 Å². The highest BCUT2D eigenvalue weighted by atomic mass is 19.4. The van der Waals surface area contributed by atoms with E-state index in [0.29, 0.717) is 5.75 Å². The minimum Gasteiger partial charge on any atom is -0.491 e. The van der Waals surface area contributed by atoms with Crippen LogP contribution in [0.4, 0.5) is 18.9 Å². The van der Waals surface area contributed by atoms with Crippen LogP contribution in [0.15, 0.2) is 24.3 Å². The van der Waals surface area contributed by atoms with Crippen molar-refractivity contribution in [2.75, 3.05) is 44.3 Å². The molecule has 0 atom stereocenters. The molecule has 4 nitrogen and oxygen atoms in total. The van der Waals surface area contributed by atoms with Gasteiger partial charge in [-0.25, -0.2) is 0 Å².